The fourth-order valence-electron chi connectivity index (χ4n) is 3.67. The molecule has 2 fully saturated rings. The van der Waals surface area contributed by atoms with E-state index < -0.39 is 0 Å². The van der Waals surface area contributed by atoms with Gasteiger partial charge >= 0.3 is 0 Å². The van der Waals surface area contributed by atoms with Gasteiger partial charge in [-0.3, -0.25) is 4.79 Å². The highest BCUT2D eigenvalue weighted by molar-refractivity contribution is 5.93. The second-order valence-corrected chi connectivity index (χ2v) is 5.91. The number of rotatable bonds is 2. The lowest BCUT2D eigenvalue weighted by molar-refractivity contribution is 0.101. The number of aromatic nitrogens is 1. The third-order valence-electron chi connectivity index (χ3n) is 4.69. The van der Waals surface area contributed by atoms with Crippen LogP contribution in [-0.2, 0) is 0 Å². The van der Waals surface area contributed by atoms with Crippen LogP contribution in [0.5, 0.6) is 0 Å². The molecule has 3 nitrogen and oxygen atoms in total. The maximum atomic E-state index is 11.3. The monoisotopic (exact) mass is 258 g/mol. The van der Waals surface area contributed by atoms with Crippen LogP contribution < -0.4 is 4.90 Å². The molecule has 3 heteroatoms. The summed E-state index contributed by atoms with van der Waals surface area (Å²) in [5.74, 6) is 2.01. The van der Waals surface area contributed by atoms with Gasteiger partial charge in [0.1, 0.15) is 5.82 Å². The molecule has 102 valence electrons. The number of Topliss-reactive ketones (excluding diaryl/α,β-unsaturated/α-hetero) is 1. The summed E-state index contributed by atoms with van der Waals surface area (Å²) in [5.41, 5.74) is 0.709. The minimum atomic E-state index is 0.0910. The summed E-state index contributed by atoms with van der Waals surface area (Å²) in [6.45, 7) is 2.71. The number of piperidine rings is 1. The first-order valence-electron chi connectivity index (χ1n) is 7.49. The van der Waals surface area contributed by atoms with Gasteiger partial charge in [0.25, 0.3) is 0 Å². The molecular formula is C16H22N2O. The second kappa shape index (κ2) is 5.32. The SMILES string of the molecule is CC(=O)c1ccc(N2CCCC3CCCCC32)nc1. The highest BCUT2D eigenvalue weighted by Crippen LogP contribution is 2.37. The molecule has 1 aliphatic heterocycles. The zero-order chi connectivity index (χ0) is 13.2. The Balaban J connectivity index is 1.81. The van der Waals surface area contributed by atoms with Crippen LogP contribution in [0.3, 0.4) is 0 Å². The predicted octanol–water partition coefficient (Wildman–Crippen LogP) is 3.44. The van der Waals surface area contributed by atoms with Gasteiger partial charge in [0, 0.05) is 24.3 Å². The second-order valence-electron chi connectivity index (χ2n) is 5.91. The fraction of sp³-hybridized carbons (Fsp3) is 0.625. The first-order chi connectivity index (χ1) is 9.25. The summed E-state index contributed by atoms with van der Waals surface area (Å²) in [7, 11) is 0. The third-order valence-corrected chi connectivity index (χ3v) is 4.69. The van der Waals surface area contributed by atoms with Crippen LogP contribution in [0.1, 0.15) is 55.8 Å². The zero-order valence-corrected chi connectivity index (χ0v) is 11.6. The molecule has 0 amide bonds. The topological polar surface area (TPSA) is 33.2 Å². The number of carbonyl (C=O) groups excluding carboxylic acids is 1. The number of hydrogen-bond acceptors (Lipinski definition) is 3. The Hall–Kier alpha value is -1.38. The van der Waals surface area contributed by atoms with E-state index >= 15 is 0 Å². The summed E-state index contributed by atoms with van der Waals surface area (Å²) in [4.78, 5) is 18.3. The molecule has 1 saturated heterocycles. The molecule has 1 aromatic heterocycles. The molecule has 3 rings (SSSR count). The van der Waals surface area contributed by atoms with Gasteiger partial charge in [-0.05, 0) is 50.7 Å². The Morgan fingerprint density at radius 1 is 1.21 bits per heavy atom. The molecule has 0 aromatic carbocycles. The maximum Gasteiger partial charge on any atom is 0.161 e. The van der Waals surface area contributed by atoms with Gasteiger partial charge in [-0.2, -0.15) is 0 Å². The Morgan fingerprint density at radius 2 is 2.00 bits per heavy atom. The minimum Gasteiger partial charge on any atom is -0.353 e. The molecule has 0 N–H and O–H groups in total. The van der Waals surface area contributed by atoms with Crippen molar-refractivity contribution in [2.24, 2.45) is 5.92 Å². The van der Waals surface area contributed by atoms with E-state index in [2.05, 4.69) is 9.88 Å². The Labute approximate surface area is 115 Å². The summed E-state index contributed by atoms with van der Waals surface area (Å²) >= 11 is 0. The van der Waals surface area contributed by atoms with E-state index in [1.807, 2.05) is 12.1 Å². The number of pyridine rings is 1. The van der Waals surface area contributed by atoms with Gasteiger partial charge in [-0.15, -0.1) is 0 Å². The van der Waals surface area contributed by atoms with Crippen LogP contribution in [0.15, 0.2) is 18.3 Å². The van der Waals surface area contributed by atoms with Crippen molar-refractivity contribution < 1.29 is 4.79 Å². The molecule has 1 aromatic rings. The average molecular weight is 258 g/mol. The molecule has 19 heavy (non-hydrogen) atoms. The standard InChI is InChI=1S/C16H22N2O/c1-12(19)14-8-9-16(17-11-14)18-10-4-6-13-5-2-3-7-15(13)18/h8-9,11,13,15H,2-7,10H2,1H3. The highest BCUT2D eigenvalue weighted by atomic mass is 16.1. The van der Waals surface area contributed by atoms with E-state index in [9.17, 15) is 4.79 Å². The lowest BCUT2D eigenvalue weighted by atomic mass is 9.78. The Morgan fingerprint density at radius 3 is 2.74 bits per heavy atom. The van der Waals surface area contributed by atoms with Crippen molar-refractivity contribution in [3.8, 4) is 0 Å². The van der Waals surface area contributed by atoms with Crippen LogP contribution in [0.2, 0.25) is 0 Å². The van der Waals surface area contributed by atoms with Crippen LogP contribution in [0, 0.1) is 5.92 Å². The average Bonchev–Trinajstić information content (AvgIpc) is 2.47. The Kier molecular flexibility index (Phi) is 3.54. The number of fused-ring (bicyclic) bond motifs is 1. The molecule has 0 radical (unpaired) electrons. The van der Waals surface area contributed by atoms with Crippen molar-refractivity contribution in [2.75, 3.05) is 11.4 Å². The van der Waals surface area contributed by atoms with Crippen LogP contribution >= 0.6 is 0 Å². The largest absolute Gasteiger partial charge is 0.353 e. The summed E-state index contributed by atoms with van der Waals surface area (Å²) < 4.78 is 0. The van der Waals surface area contributed by atoms with E-state index in [4.69, 9.17) is 0 Å². The summed E-state index contributed by atoms with van der Waals surface area (Å²) in [6, 6.07) is 4.61. The molecule has 2 atom stereocenters. The number of hydrogen-bond donors (Lipinski definition) is 0. The maximum absolute atomic E-state index is 11.3. The van der Waals surface area contributed by atoms with Gasteiger partial charge in [-0.25, -0.2) is 4.98 Å². The number of anilines is 1. The third kappa shape index (κ3) is 2.51. The van der Waals surface area contributed by atoms with E-state index in [-0.39, 0.29) is 5.78 Å². The van der Waals surface area contributed by atoms with Crippen molar-refractivity contribution in [1.82, 2.24) is 4.98 Å². The number of ketones is 1. The normalized spacial score (nSPS) is 26.9. The molecule has 2 aliphatic rings. The van der Waals surface area contributed by atoms with Gasteiger partial charge in [0.05, 0.1) is 0 Å². The summed E-state index contributed by atoms with van der Waals surface area (Å²) in [5, 5.41) is 0. The van der Waals surface area contributed by atoms with Crippen LogP contribution in [-0.4, -0.2) is 23.4 Å². The number of nitrogens with zero attached hydrogens (tertiary/aromatic N) is 2. The molecule has 0 spiro atoms. The van der Waals surface area contributed by atoms with Crippen molar-refractivity contribution in [2.45, 2.75) is 51.5 Å². The molecule has 2 unspecified atom stereocenters. The van der Waals surface area contributed by atoms with Crippen LogP contribution in [0.4, 0.5) is 5.82 Å². The summed E-state index contributed by atoms with van der Waals surface area (Å²) in [6.07, 6.45) is 9.82. The minimum absolute atomic E-state index is 0.0910. The highest BCUT2D eigenvalue weighted by Gasteiger charge is 2.33. The molecule has 2 heterocycles. The van der Waals surface area contributed by atoms with Crippen molar-refractivity contribution in [3.05, 3.63) is 23.9 Å². The van der Waals surface area contributed by atoms with E-state index in [1.54, 1.807) is 13.1 Å². The first-order valence-corrected chi connectivity index (χ1v) is 7.49. The fourth-order valence-corrected chi connectivity index (χ4v) is 3.67. The van der Waals surface area contributed by atoms with Gasteiger partial charge in [0.15, 0.2) is 5.78 Å². The molecule has 1 saturated carbocycles. The van der Waals surface area contributed by atoms with Crippen LogP contribution in [0.25, 0.3) is 0 Å². The van der Waals surface area contributed by atoms with E-state index in [0.29, 0.717) is 11.6 Å². The van der Waals surface area contributed by atoms with Gasteiger partial charge in [-0.1, -0.05) is 12.8 Å². The van der Waals surface area contributed by atoms with E-state index in [0.717, 1.165) is 18.3 Å². The van der Waals surface area contributed by atoms with Gasteiger partial charge < -0.3 is 4.90 Å². The van der Waals surface area contributed by atoms with Crippen molar-refractivity contribution >= 4 is 11.6 Å². The van der Waals surface area contributed by atoms with E-state index in [1.165, 1.54) is 38.5 Å². The number of carbonyl (C=O) groups is 1. The predicted molar refractivity (Wildman–Crippen MR) is 76.6 cm³/mol. The first kappa shape index (κ1) is 12.6. The zero-order valence-electron chi connectivity index (χ0n) is 11.6. The molecule has 0 bridgehead atoms. The van der Waals surface area contributed by atoms with Crippen molar-refractivity contribution in [3.63, 3.8) is 0 Å². The van der Waals surface area contributed by atoms with Gasteiger partial charge in [0.2, 0.25) is 0 Å². The lowest BCUT2D eigenvalue weighted by Gasteiger charge is -2.44. The quantitative estimate of drug-likeness (QED) is 0.762. The lowest BCUT2D eigenvalue weighted by Crippen LogP contribution is -2.47. The Bertz CT molecular complexity index is 452. The molecule has 1 aliphatic carbocycles. The smallest absolute Gasteiger partial charge is 0.161 e. The molecular weight excluding hydrogens is 236 g/mol. The van der Waals surface area contributed by atoms with Crippen molar-refractivity contribution in [1.29, 1.82) is 0 Å².